The van der Waals surface area contributed by atoms with Gasteiger partial charge in [-0.2, -0.15) is 4.98 Å². The number of hydrogen-bond acceptors (Lipinski definition) is 7. The van der Waals surface area contributed by atoms with Crippen molar-refractivity contribution < 1.29 is 4.92 Å². The van der Waals surface area contributed by atoms with Crippen LogP contribution in [0.3, 0.4) is 0 Å². The van der Waals surface area contributed by atoms with Gasteiger partial charge in [-0.1, -0.05) is 6.92 Å². The van der Waals surface area contributed by atoms with Gasteiger partial charge in [0.2, 0.25) is 11.8 Å². The van der Waals surface area contributed by atoms with Crippen molar-refractivity contribution in [2.24, 2.45) is 11.8 Å². The zero-order valence-corrected chi connectivity index (χ0v) is 10.3. The maximum absolute atomic E-state index is 11.0. The van der Waals surface area contributed by atoms with Crippen LogP contribution in [0.4, 0.5) is 17.5 Å². The number of rotatable bonds is 4. The van der Waals surface area contributed by atoms with E-state index in [0.29, 0.717) is 5.92 Å². The zero-order chi connectivity index (χ0) is 13.3. The second-order valence-electron chi connectivity index (χ2n) is 4.65. The molecule has 0 saturated heterocycles. The minimum Gasteiger partial charge on any atom is -0.361 e. The van der Waals surface area contributed by atoms with E-state index in [1.54, 1.807) is 6.92 Å². The van der Waals surface area contributed by atoms with E-state index in [2.05, 4.69) is 27.6 Å². The molecule has 98 valence electrons. The third kappa shape index (κ3) is 2.33. The summed E-state index contributed by atoms with van der Waals surface area (Å²) in [7, 11) is 0. The summed E-state index contributed by atoms with van der Waals surface area (Å²) in [6.07, 6.45) is 1.98. The molecule has 18 heavy (non-hydrogen) atoms. The van der Waals surface area contributed by atoms with Gasteiger partial charge in [0, 0.05) is 6.04 Å². The Hall–Kier alpha value is -1.96. The highest BCUT2D eigenvalue weighted by Crippen LogP contribution is 2.33. The number of hydrazine groups is 1. The highest BCUT2D eigenvalue weighted by Gasteiger charge is 2.29. The molecule has 1 saturated carbocycles. The molecule has 1 aromatic heterocycles. The largest absolute Gasteiger partial charge is 0.361 e. The Morgan fingerprint density at radius 1 is 1.44 bits per heavy atom. The third-order valence-corrected chi connectivity index (χ3v) is 3.08. The van der Waals surface area contributed by atoms with Gasteiger partial charge < -0.3 is 5.32 Å². The molecule has 2 rings (SSSR count). The van der Waals surface area contributed by atoms with Crippen molar-refractivity contribution >= 4 is 17.5 Å². The number of aromatic nitrogens is 2. The lowest BCUT2D eigenvalue weighted by molar-refractivity contribution is -0.385. The molecule has 1 aromatic rings. The first-order valence-corrected chi connectivity index (χ1v) is 5.77. The molecule has 1 heterocycles. The number of nitro groups is 1. The summed E-state index contributed by atoms with van der Waals surface area (Å²) >= 11 is 0. The van der Waals surface area contributed by atoms with Crippen molar-refractivity contribution in [1.29, 1.82) is 0 Å². The lowest BCUT2D eigenvalue weighted by Gasteiger charge is -2.33. The van der Waals surface area contributed by atoms with E-state index in [1.165, 1.54) is 0 Å². The Kier molecular flexibility index (Phi) is 3.28. The van der Waals surface area contributed by atoms with Gasteiger partial charge >= 0.3 is 5.69 Å². The second-order valence-corrected chi connectivity index (χ2v) is 4.65. The highest BCUT2D eigenvalue weighted by atomic mass is 16.6. The zero-order valence-electron chi connectivity index (χ0n) is 10.3. The average Bonchev–Trinajstić information content (AvgIpc) is 2.25. The number of nitrogens with two attached hydrogens (primary N) is 1. The quantitative estimate of drug-likeness (QED) is 0.418. The number of nitrogen functional groups attached to an aromatic ring is 1. The van der Waals surface area contributed by atoms with Crippen LogP contribution in [0.15, 0.2) is 0 Å². The van der Waals surface area contributed by atoms with Crippen LogP contribution in [0, 0.1) is 23.0 Å². The van der Waals surface area contributed by atoms with Crippen molar-refractivity contribution in [1.82, 2.24) is 9.97 Å². The van der Waals surface area contributed by atoms with Crippen molar-refractivity contribution in [3.8, 4) is 0 Å². The van der Waals surface area contributed by atoms with E-state index >= 15 is 0 Å². The highest BCUT2D eigenvalue weighted by molar-refractivity contribution is 5.61. The van der Waals surface area contributed by atoms with Crippen LogP contribution in [0.2, 0.25) is 0 Å². The Morgan fingerprint density at radius 3 is 2.61 bits per heavy atom. The first kappa shape index (κ1) is 12.5. The van der Waals surface area contributed by atoms with Gasteiger partial charge in [0.05, 0.1) is 4.92 Å². The predicted octanol–water partition coefficient (Wildman–Crippen LogP) is 1.19. The molecule has 1 aliphatic rings. The van der Waals surface area contributed by atoms with Crippen molar-refractivity contribution in [3.05, 3.63) is 15.8 Å². The van der Waals surface area contributed by atoms with Gasteiger partial charge in [0.25, 0.3) is 0 Å². The molecule has 4 N–H and O–H groups in total. The number of hydrogen-bond donors (Lipinski definition) is 3. The molecule has 0 spiro atoms. The second kappa shape index (κ2) is 4.73. The molecular formula is C10H16N6O2. The lowest BCUT2D eigenvalue weighted by Crippen LogP contribution is -2.34. The summed E-state index contributed by atoms with van der Waals surface area (Å²) in [4.78, 5) is 18.5. The van der Waals surface area contributed by atoms with Gasteiger partial charge in [-0.15, -0.1) is 0 Å². The molecule has 0 amide bonds. The Bertz CT molecular complexity index is 472. The number of nitrogens with zero attached hydrogens (tertiary/aromatic N) is 3. The molecule has 0 unspecified atom stereocenters. The van der Waals surface area contributed by atoms with Crippen LogP contribution in [-0.2, 0) is 0 Å². The Morgan fingerprint density at radius 2 is 2.11 bits per heavy atom. The summed E-state index contributed by atoms with van der Waals surface area (Å²) in [5, 5.41) is 14.1. The van der Waals surface area contributed by atoms with Crippen LogP contribution in [0.5, 0.6) is 0 Å². The molecule has 0 atom stereocenters. The molecule has 8 nitrogen and oxygen atoms in total. The monoisotopic (exact) mass is 252 g/mol. The predicted molar refractivity (Wildman–Crippen MR) is 67.0 cm³/mol. The molecule has 0 aromatic carbocycles. The summed E-state index contributed by atoms with van der Waals surface area (Å²) < 4.78 is 0. The first-order chi connectivity index (χ1) is 8.51. The standard InChI is InChI=1S/C10H16N6O2/c1-5-3-7(4-5)13-9-8(16(17)18)6(2)12-10(14-9)15-11/h5,7H,3-4,11H2,1-2H3,(H2,12,13,14,15). The smallest absolute Gasteiger partial charge is 0.332 e. The third-order valence-electron chi connectivity index (χ3n) is 3.08. The molecule has 1 aliphatic carbocycles. The van der Waals surface area contributed by atoms with Crippen LogP contribution in [0.25, 0.3) is 0 Å². The fourth-order valence-corrected chi connectivity index (χ4v) is 2.16. The molecule has 1 fully saturated rings. The van der Waals surface area contributed by atoms with Crippen LogP contribution in [0.1, 0.15) is 25.5 Å². The fraction of sp³-hybridized carbons (Fsp3) is 0.600. The van der Waals surface area contributed by atoms with Crippen molar-refractivity contribution in [2.45, 2.75) is 32.7 Å². The van der Waals surface area contributed by atoms with E-state index in [4.69, 9.17) is 5.84 Å². The molecule has 8 heteroatoms. The maximum atomic E-state index is 11.0. The molecule has 0 bridgehead atoms. The summed E-state index contributed by atoms with van der Waals surface area (Å²) in [6, 6.07) is 0.235. The number of nitrogens with one attached hydrogen (secondary N) is 2. The van der Waals surface area contributed by atoms with Crippen molar-refractivity contribution in [3.63, 3.8) is 0 Å². The van der Waals surface area contributed by atoms with E-state index in [-0.39, 0.29) is 29.2 Å². The summed E-state index contributed by atoms with van der Waals surface area (Å²) in [5.41, 5.74) is 2.51. The SMILES string of the molecule is Cc1nc(NN)nc(NC2CC(C)C2)c1[N+](=O)[O-]. The van der Waals surface area contributed by atoms with Gasteiger partial charge in [0.1, 0.15) is 5.69 Å². The lowest BCUT2D eigenvalue weighted by atomic mass is 9.82. The first-order valence-electron chi connectivity index (χ1n) is 5.77. The van der Waals surface area contributed by atoms with Crippen LogP contribution < -0.4 is 16.6 Å². The Labute approximate surface area is 104 Å². The molecule has 0 aliphatic heterocycles. The van der Waals surface area contributed by atoms with Gasteiger partial charge in [-0.05, 0) is 25.7 Å². The minimum absolute atomic E-state index is 0.0893. The van der Waals surface area contributed by atoms with E-state index < -0.39 is 4.92 Å². The average molecular weight is 252 g/mol. The van der Waals surface area contributed by atoms with E-state index in [0.717, 1.165) is 12.8 Å². The number of aryl methyl sites for hydroxylation is 1. The van der Waals surface area contributed by atoms with Gasteiger partial charge in [-0.25, -0.2) is 10.8 Å². The summed E-state index contributed by atoms with van der Waals surface area (Å²) in [6.45, 7) is 3.71. The maximum Gasteiger partial charge on any atom is 0.332 e. The van der Waals surface area contributed by atoms with E-state index in [1.807, 2.05) is 0 Å². The Balaban J connectivity index is 2.30. The van der Waals surface area contributed by atoms with Gasteiger partial charge in [0.15, 0.2) is 0 Å². The molecular weight excluding hydrogens is 236 g/mol. The van der Waals surface area contributed by atoms with Gasteiger partial charge in [-0.3, -0.25) is 15.5 Å². The molecule has 0 radical (unpaired) electrons. The van der Waals surface area contributed by atoms with Crippen molar-refractivity contribution in [2.75, 3.05) is 10.7 Å². The number of anilines is 2. The summed E-state index contributed by atoms with van der Waals surface area (Å²) in [5.74, 6) is 6.30. The van der Waals surface area contributed by atoms with Crippen LogP contribution >= 0.6 is 0 Å². The fourth-order valence-electron chi connectivity index (χ4n) is 2.16. The van der Waals surface area contributed by atoms with E-state index in [9.17, 15) is 10.1 Å². The minimum atomic E-state index is -0.472. The van der Waals surface area contributed by atoms with Crippen LogP contribution in [-0.4, -0.2) is 20.9 Å². The normalized spacial score (nSPS) is 22.2. The topological polar surface area (TPSA) is 119 Å².